The third-order valence-corrected chi connectivity index (χ3v) is 7.38. The van der Waals surface area contributed by atoms with Gasteiger partial charge in [-0.25, -0.2) is 4.79 Å². The maximum Gasteiger partial charge on any atom is 0.410 e. The van der Waals surface area contributed by atoms with Crippen LogP contribution in [-0.4, -0.2) is 74.5 Å². The molecule has 3 rings (SSSR count). The molecule has 0 aromatic carbocycles. The molecule has 0 spiro atoms. The molecule has 3 N–H and O–H groups in total. The average Bonchev–Trinajstić information content (AvgIpc) is 3.35. The number of unbranched alkanes of at least 4 members (excludes halogenated alkanes) is 1. The standard InChI is InChI=1S/C21H34N4O5S/c1-5-6-9-21(11-15-25(18(21)28)14(12-31-15)16(22)26)23-17(27)13-8-7-10-24(13)19(29)30-20(2,3)4/h13-15H,5-12H2,1-4H3,(H2,22,26)(H,23,27)/t13-,14+,15+,21+/m0/s1. The van der Waals surface area contributed by atoms with E-state index in [1.807, 2.05) is 6.92 Å². The average molecular weight is 455 g/mol. The second-order valence-electron chi connectivity index (χ2n) is 9.63. The third kappa shape index (κ3) is 4.78. The highest BCUT2D eigenvalue weighted by Gasteiger charge is 2.58. The van der Waals surface area contributed by atoms with E-state index in [2.05, 4.69) is 5.32 Å². The van der Waals surface area contributed by atoms with Crippen LogP contribution in [0.2, 0.25) is 0 Å². The maximum atomic E-state index is 13.5. The molecule has 9 nitrogen and oxygen atoms in total. The van der Waals surface area contributed by atoms with Crippen LogP contribution in [0.15, 0.2) is 0 Å². The van der Waals surface area contributed by atoms with Crippen LogP contribution in [0.25, 0.3) is 0 Å². The Balaban J connectivity index is 1.78. The van der Waals surface area contributed by atoms with E-state index in [4.69, 9.17) is 10.5 Å². The van der Waals surface area contributed by atoms with Crippen LogP contribution < -0.4 is 11.1 Å². The number of rotatable bonds is 6. The maximum absolute atomic E-state index is 13.5. The van der Waals surface area contributed by atoms with Gasteiger partial charge in [-0.3, -0.25) is 19.3 Å². The quantitative estimate of drug-likeness (QED) is 0.628. The lowest BCUT2D eigenvalue weighted by Crippen LogP contribution is -2.60. The number of nitrogens with one attached hydrogen (secondary N) is 1. The van der Waals surface area contributed by atoms with Gasteiger partial charge in [-0.05, 0) is 40.0 Å². The van der Waals surface area contributed by atoms with Crippen LogP contribution in [0.4, 0.5) is 4.79 Å². The van der Waals surface area contributed by atoms with Gasteiger partial charge in [-0.15, -0.1) is 11.8 Å². The molecule has 0 saturated carbocycles. The fourth-order valence-electron chi connectivity index (χ4n) is 4.60. The van der Waals surface area contributed by atoms with Crippen molar-refractivity contribution in [1.29, 1.82) is 0 Å². The topological polar surface area (TPSA) is 122 Å². The predicted octanol–water partition coefficient (Wildman–Crippen LogP) is 1.59. The SMILES string of the molecule is CCCC[C@@]1(NC(=O)[C@@H]2CCCN2C(=O)OC(C)(C)C)C[C@H]2SC[C@H](C(N)=O)N2C1=O. The number of carbonyl (C=O) groups excluding carboxylic acids is 4. The number of nitrogens with two attached hydrogens (primary N) is 1. The van der Waals surface area contributed by atoms with Gasteiger partial charge in [-0.1, -0.05) is 19.8 Å². The van der Waals surface area contributed by atoms with Crippen molar-refractivity contribution in [3.63, 3.8) is 0 Å². The largest absolute Gasteiger partial charge is 0.444 e. The minimum Gasteiger partial charge on any atom is -0.444 e. The molecule has 0 bridgehead atoms. The Morgan fingerprint density at radius 3 is 2.61 bits per heavy atom. The highest BCUT2D eigenvalue weighted by Crippen LogP contribution is 2.44. The number of primary amides is 1. The van der Waals surface area contributed by atoms with E-state index in [0.717, 1.165) is 12.8 Å². The molecule has 174 valence electrons. The summed E-state index contributed by atoms with van der Waals surface area (Å²) in [6.07, 6.45) is 3.26. The van der Waals surface area contributed by atoms with Gasteiger partial charge in [-0.2, -0.15) is 0 Å². The van der Waals surface area contributed by atoms with E-state index in [0.29, 0.717) is 38.0 Å². The first kappa shape index (κ1) is 23.7. The smallest absolute Gasteiger partial charge is 0.410 e. The molecule has 3 heterocycles. The van der Waals surface area contributed by atoms with Crippen molar-refractivity contribution in [2.24, 2.45) is 5.73 Å². The summed E-state index contributed by atoms with van der Waals surface area (Å²) in [4.78, 5) is 54.2. The summed E-state index contributed by atoms with van der Waals surface area (Å²) in [7, 11) is 0. The summed E-state index contributed by atoms with van der Waals surface area (Å²) in [6.45, 7) is 7.82. The first-order valence-corrected chi connectivity index (χ1v) is 12.1. The molecule has 0 radical (unpaired) electrons. The number of carbonyl (C=O) groups is 4. The first-order chi connectivity index (χ1) is 14.5. The molecule has 4 amide bonds. The Labute approximate surface area is 187 Å². The Morgan fingerprint density at radius 2 is 2.00 bits per heavy atom. The van der Waals surface area contributed by atoms with Crippen molar-refractivity contribution in [1.82, 2.24) is 15.1 Å². The van der Waals surface area contributed by atoms with Gasteiger partial charge in [0.1, 0.15) is 23.2 Å². The van der Waals surface area contributed by atoms with Crippen LogP contribution >= 0.6 is 11.8 Å². The summed E-state index contributed by atoms with van der Waals surface area (Å²) in [5.41, 5.74) is 3.79. The minimum absolute atomic E-state index is 0.173. The Bertz CT molecular complexity index is 755. The van der Waals surface area contributed by atoms with Gasteiger partial charge in [0, 0.05) is 18.7 Å². The lowest BCUT2D eigenvalue weighted by atomic mass is 9.90. The van der Waals surface area contributed by atoms with E-state index in [1.165, 1.54) is 16.7 Å². The number of hydrogen-bond donors (Lipinski definition) is 2. The number of amides is 4. The van der Waals surface area contributed by atoms with E-state index in [1.54, 1.807) is 25.7 Å². The van der Waals surface area contributed by atoms with Gasteiger partial charge < -0.3 is 20.7 Å². The number of nitrogens with zero attached hydrogens (tertiary/aromatic N) is 2. The zero-order valence-corrected chi connectivity index (χ0v) is 19.6. The van der Waals surface area contributed by atoms with Gasteiger partial charge >= 0.3 is 6.09 Å². The van der Waals surface area contributed by atoms with Gasteiger partial charge in [0.25, 0.3) is 0 Å². The molecule has 3 fully saturated rings. The lowest BCUT2D eigenvalue weighted by Gasteiger charge is -2.33. The number of thioether (sulfide) groups is 1. The zero-order chi connectivity index (χ0) is 23.0. The van der Waals surface area contributed by atoms with Crippen LogP contribution in [-0.2, 0) is 19.1 Å². The highest BCUT2D eigenvalue weighted by molar-refractivity contribution is 8.00. The van der Waals surface area contributed by atoms with Crippen molar-refractivity contribution in [2.75, 3.05) is 12.3 Å². The summed E-state index contributed by atoms with van der Waals surface area (Å²) in [6, 6.07) is -1.32. The van der Waals surface area contributed by atoms with Crippen molar-refractivity contribution < 1.29 is 23.9 Å². The van der Waals surface area contributed by atoms with E-state index in [-0.39, 0.29) is 17.2 Å². The lowest BCUT2D eigenvalue weighted by molar-refractivity contribution is -0.142. The van der Waals surface area contributed by atoms with Gasteiger partial charge in [0.15, 0.2) is 0 Å². The van der Waals surface area contributed by atoms with Crippen molar-refractivity contribution in [2.45, 2.75) is 94.8 Å². The molecule has 4 atom stereocenters. The van der Waals surface area contributed by atoms with Crippen LogP contribution in [0.3, 0.4) is 0 Å². The summed E-state index contributed by atoms with van der Waals surface area (Å²) >= 11 is 1.53. The van der Waals surface area contributed by atoms with Crippen LogP contribution in [0.5, 0.6) is 0 Å². The molecule has 0 aromatic heterocycles. The number of hydrogen-bond acceptors (Lipinski definition) is 6. The Morgan fingerprint density at radius 1 is 1.29 bits per heavy atom. The second kappa shape index (κ2) is 8.88. The zero-order valence-electron chi connectivity index (χ0n) is 18.8. The summed E-state index contributed by atoms with van der Waals surface area (Å²) < 4.78 is 5.46. The first-order valence-electron chi connectivity index (χ1n) is 11.0. The molecule has 0 aliphatic carbocycles. The van der Waals surface area contributed by atoms with Crippen LogP contribution in [0.1, 0.15) is 66.2 Å². The molecule has 3 saturated heterocycles. The molecule has 3 aliphatic heterocycles. The Hall–Kier alpha value is -1.97. The van der Waals surface area contributed by atoms with Crippen molar-refractivity contribution >= 4 is 35.6 Å². The van der Waals surface area contributed by atoms with E-state index in [9.17, 15) is 19.2 Å². The molecular weight excluding hydrogens is 420 g/mol. The highest BCUT2D eigenvalue weighted by atomic mass is 32.2. The van der Waals surface area contributed by atoms with Gasteiger partial charge in [0.2, 0.25) is 17.7 Å². The summed E-state index contributed by atoms with van der Waals surface area (Å²) in [5, 5.41) is 2.84. The molecule has 0 unspecified atom stereocenters. The number of fused-ring (bicyclic) bond motifs is 1. The minimum atomic E-state index is -1.07. The normalized spacial score (nSPS) is 30.5. The summed E-state index contributed by atoms with van der Waals surface area (Å²) in [5.74, 6) is -0.615. The van der Waals surface area contributed by atoms with Crippen molar-refractivity contribution in [3.05, 3.63) is 0 Å². The number of likely N-dealkylation sites (tertiary alicyclic amines) is 1. The molecule has 0 aromatic rings. The molecular formula is C21H34N4O5S. The number of ether oxygens (including phenoxy) is 1. The fraction of sp³-hybridized carbons (Fsp3) is 0.810. The van der Waals surface area contributed by atoms with Crippen LogP contribution in [0, 0.1) is 0 Å². The van der Waals surface area contributed by atoms with Crippen molar-refractivity contribution in [3.8, 4) is 0 Å². The molecule has 31 heavy (non-hydrogen) atoms. The van der Waals surface area contributed by atoms with E-state index >= 15 is 0 Å². The Kier molecular flexibility index (Phi) is 6.78. The molecule has 10 heteroatoms. The third-order valence-electron chi connectivity index (χ3n) is 6.09. The monoisotopic (exact) mass is 454 g/mol. The van der Waals surface area contributed by atoms with Gasteiger partial charge in [0.05, 0.1) is 5.37 Å². The predicted molar refractivity (Wildman–Crippen MR) is 117 cm³/mol. The molecule has 3 aliphatic rings. The fourth-order valence-corrected chi connectivity index (χ4v) is 6.13. The van der Waals surface area contributed by atoms with E-state index < -0.39 is 35.2 Å². The second-order valence-corrected chi connectivity index (χ2v) is 10.8.